The van der Waals surface area contributed by atoms with Crippen molar-refractivity contribution < 1.29 is 4.79 Å². The molecule has 0 aliphatic heterocycles. The number of carbonyl (C=O) groups excluding carboxylic acids is 1. The molecule has 0 bridgehead atoms. The lowest BCUT2D eigenvalue weighted by molar-refractivity contribution is -0.120. The highest BCUT2D eigenvalue weighted by molar-refractivity contribution is 5.74. The molecule has 0 spiro atoms. The Morgan fingerprint density at radius 3 is 2.93 bits per heavy atom. The molecule has 1 amide bonds. The number of fused-ring (bicyclic) bond motifs is 1. The monoisotopic (exact) mass is 190 g/mol. The summed E-state index contributed by atoms with van der Waals surface area (Å²) in [5.41, 5.74) is 7.78. The lowest BCUT2D eigenvalue weighted by Crippen LogP contribution is -2.50. The van der Waals surface area contributed by atoms with E-state index in [1.54, 1.807) is 0 Å². The minimum atomic E-state index is -0.650. The van der Waals surface area contributed by atoms with E-state index in [1.807, 2.05) is 18.2 Å². The van der Waals surface area contributed by atoms with Gasteiger partial charge in [0.2, 0.25) is 5.91 Å². The number of benzene rings is 1. The summed E-state index contributed by atoms with van der Waals surface area (Å²) in [5.74, 6) is -0.0794. The average molecular weight is 190 g/mol. The fourth-order valence-electron chi connectivity index (χ4n) is 2.08. The Kier molecular flexibility index (Phi) is 2.04. The number of hydrogen-bond acceptors (Lipinski definition) is 2. The summed E-state index contributed by atoms with van der Waals surface area (Å²) in [6.07, 6.45) is 1.72. The minimum absolute atomic E-state index is 0.0794. The summed E-state index contributed by atoms with van der Waals surface area (Å²) < 4.78 is 0. The van der Waals surface area contributed by atoms with Gasteiger partial charge in [-0.05, 0) is 24.0 Å². The number of aryl methyl sites for hydroxylation is 1. The van der Waals surface area contributed by atoms with Crippen LogP contribution in [-0.2, 0) is 16.9 Å². The van der Waals surface area contributed by atoms with E-state index in [1.165, 1.54) is 12.5 Å². The zero-order chi connectivity index (χ0) is 10.2. The van der Waals surface area contributed by atoms with Crippen LogP contribution in [0.4, 0.5) is 0 Å². The highest BCUT2D eigenvalue weighted by Gasteiger charge is 2.35. The standard InChI is InChI=1S/C11H14N2O/c1-8(14)13-11(12)7-6-9-4-2-3-5-10(9)11/h2-5H,6-7,12H2,1H3,(H,13,14). The summed E-state index contributed by atoms with van der Waals surface area (Å²) >= 11 is 0. The molecule has 0 saturated carbocycles. The Balaban J connectivity index is 2.37. The van der Waals surface area contributed by atoms with Crippen molar-refractivity contribution in [1.29, 1.82) is 0 Å². The Bertz CT molecular complexity index is 375. The van der Waals surface area contributed by atoms with E-state index in [-0.39, 0.29) is 5.91 Å². The first-order chi connectivity index (χ1) is 6.62. The summed E-state index contributed by atoms with van der Waals surface area (Å²) in [6, 6.07) is 8.00. The molecule has 0 radical (unpaired) electrons. The fourth-order valence-corrected chi connectivity index (χ4v) is 2.08. The van der Waals surface area contributed by atoms with E-state index in [2.05, 4.69) is 11.4 Å². The van der Waals surface area contributed by atoms with E-state index >= 15 is 0 Å². The first-order valence-electron chi connectivity index (χ1n) is 4.78. The Morgan fingerprint density at radius 2 is 2.21 bits per heavy atom. The Hall–Kier alpha value is -1.35. The van der Waals surface area contributed by atoms with E-state index in [0.29, 0.717) is 0 Å². The van der Waals surface area contributed by atoms with Crippen LogP contribution in [0.15, 0.2) is 24.3 Å². The largest absolute Gasteiger partial charge is 0.334 e. The second-order valence-electron chi connectivity index (χ2n) is 3.81. The van der Waals surface area contributed by atoms with Crippen LogP contribution in [0.2, 0.25) is 0 Å². The van der Waals surface area contributed by atoms with Crippen LogP contribution in [0, 0.1) is 0 Å². The Labute approximate surface area is 83.3 Å². The van der Waals surface area contributed by atoms with Crippen LogP contribution < -0.4 is 11.1 Å². The van der Waals surface area contributed by atoms with Crippen molar-refractivity contribution in [1.82, 2.24) is 5.32 Å². The van der Waals surface area contributed by atoms with Gasteiger partial charge >= 0.3 is 0 Å². The third-order valence-electron chi connectivity index (χ3n) is 2.69. The molecule has 1 aliphatic carbocycles. The quantitative estimate of drug-likeness (QED) is 0.646. The molecule has 0 aromatic heterocycles. The van der Waals surface area contributed by atoms with Crippen molar-refractivity contribution >= 4 is 5.91 Å². The average Bonchev–Trinajstić information content (AvgIpc) is 2.44. The fraction of sp³-hybridized carbons (Fsp3) is 0.364. The van der Waals surface area contributed by atoms with Crippen molar-refractivity contribution in [2.24, 2.45) is 5.73 Å². The molecule has 3 nitrogen and oxygen atoms in total. The normalized spacial score (nSPS) is 24.4. The summed E-state index contributed by atoms with van der Waals surface area (Å²) in [5, 5.41) is 2.81. The van der Waals surface area contributed by atoms with Gasteiger partial charge in [0.05, 0.1) is 0 Å². The third-order valence-corrected chi connectivity index (χ3v) is 2.69. The summed E-state index contributed by atoms with van der Waals surface area (Å²) in [6.45, 7) is 1.50. The first kappa shape index (κ1) is 9.21. The van der Waals surface area contributed by atoms with Crippen LogP contribution in [0.3, 0.4) is 0 Å². The molecule has 1 aromatic carbocycles. The molecule has 14 heavy (non-hydrogen) atoms. The molecule has 3 heteroatoms. The molecule has 0 heterocycles. The topological polar surface area (TPSA) is 55.1 Å². The van der Waals surface area contributed by atoms with E-state index in [0.717, 1.165) is 18.4 Å². The van der Waals surface area contributed by atoms with Crippen LogP contribution in [0.25, 0.3) is 0 Å². The molecular weight excluding hydrogens is 176 g/mol. The minimum Gasteiger partial charge on any atom is -0.334 e. The van der Waals surface area contributed by atoms with Crippen molar-refractivity contribution in [2.45, 2.75) is 25.4 Å². The van der Waals surface area contributed by atoms with Crippen molar-refractivity contribution in [3.8, 4) is 0 Å². The molecule has 0 fully saturated rings. The van der Waals surface area contributed by atoms with Gasteiger partial charge in [-0.25, -0.2) is 0 Å². The maximum absolute atomic E-state index is 11.0. The zero-order valence-corrected chi connectivity index (χ0v) is 8.21. The van der Waals surface area contributed by atoms with Gasteiger partial charge in [0.1, 0.15) is 5.66 Å². The summed E-state index contributed by atoms with van der Waals surface area (Å²) in [4.78, 5) is 11.0. The van der Waals surface area contributed by atoms with Gasteiger partial charge in [-0.3, -0.25) is 4.79 Å². The molecule has 0 saturated heterocycles. The molecule has 1 unspecified atom stereocenters. The summed E-state index contributed by atoms with van der Waals surface area (Å²) in [7, 11) is 0. The van der Waals surface area contributed by atoms with Gasteiger partial charge in [-0.2, -0.15) is 0 Å². The Morgan fingerprint density at radius 1 is 1.50 bits per heavy atom. The van der Waals surface area contributed by atoms with Crippen molar-refractivity contribution in [2.75, 3.05) is 0 Å². The predicted octanol–water partition coefficient (Wildman–Crippen LogP) is 0.880. The van der Waals surface area contributed by atoms with Crippen molar-refractivity contribution in [3.63, 3.8) is 0 Å². The van der Waals surface area contributed by atoms with Gasteiger partial charge in [0, 0.05) is 6.92 Å². The molecular formula is C11H14N2O. The van der Waals surface area contributed by atoms with Crippen LogP contribution >= 0.6 is 0 Å². The van der Waals surface area contributed by atoms with Gasteiger partial charge in [0.25, 0.3) is 0 Å². The van der Waals surface area contributed by atoms with E-state index in [9.17, 15) is 4.79 Å². The highest BCUT2D eigenvalue weighted by Crippen LogP contribution is 2.32. The highest BCUT2D eigenvalue weighted by atomic mass is 16.1. The molecule has 1 aromatic rings. The van der Waals surface area contributed by atoms with Gasteiger partial charge in [-0.15, -0.1) is 0 Å². The van der Waals surface area contributed by atoms with E-state index in [4.69, 9.17) is 5.73 Å². The van der Waals surface area contributed by atoms with Crippen LogP contribution in [0.1, 0.15) is 24.5 Å². The van der Waals surface area contributed by atoms with Gasteiger partial charge < -0.3 is 11.1 Å². The molecule has 2 rings (SSSR count). The first-order valence-corrected chi connectivity index (χ1v) is 4.78. The van der Waals surface area contributed by atoms with Gasteiger partial charge in [-0.1, -0.05) is 24.3 Å². The maximum atomic E-state index is 11.0. The maximum Gasteiger partial charge on any atom is 0.218 e. The van der Waals surface area contributed by atoms with Crippen molar-refractivity contribution in [3.05, 3.63) is 35.4 Å². The number of nitrogens with two attached hydrogens (primary N) is 1. The third kappa shape index (κ3) is 1.40. The van der Waals surface area contributed by atoms with Crippen LogP contribution in [-0.4, -0.2) is 5.91 Å². The number of hydrogen-bond donors (Lipinski definition) is 2. The number of rotatable bonds is 1. The number of carbonyl (C=O) groups is 1. The van der Waals surface area contributed by atoms with Crippen LogP contribution in [0.5, 0.6) is 0 Å². The van der Waals surface area contributed by atoms with E-state index < -0.39 is 5.66 Å². The zero-order valence-electron chi connectivity index (χ0n) is 8.21. The number of nitrogens with one attached hydrogen (secondary N) is 1. The molecule has 1 atom stereocenters. The second kappa shape index (κ2) is 3.10. The van der Waals surface area contributed by atoms with Gasteiger partial charge in [0.15, 0.2) is 0 Å². The SMILES string of the molecule is CC(=O)NC1(N)CCc2ccccc21. The molecule has 74 valence electrons. The lowest BCUT2D eigenvalue weighted by Gasteiger charge is -2.26. The lowest BCUT2D eigenvalue weighted by atomic mass is 10.0. The second-order valence-corrected chi connectivity index (χ2v) is 3.81. The molecule has 1 aliphatic rings. The smallest absolute Gasteiger partial charge is 0.218 e. The molecule has 3 N–H and O–H groups in total. The predicted molar refractivity (Wildman–Crippen MR) is 54.4 cm³/mol. The number of amides is 1.